The lowest BCUT2D eigenvalue weighted by molar-refractivity contribution is -0.137. The highest BCUT2D eigenvalue weighted by molar-refractivity contribution is 6.31. The fraction of sp³-hybridized carbons (Fsp3) is 0.536. The first kappa shape index (κ1) is 27.9. The minimum absolute atomic E-state index is 0.115. The molecule has 4 fully saturated rings. The number of ether oxygens (including phenoxy) is 2. The van der Waals surface area contributed by atoms with Crippen molar-refractivity contribution >= 4 is 28.3 Å². The molecule has 7 rings (SSSR count). The van der Waals surface area contributed by atoms with Gasteiger partial charge >= 0.3 is 12.2 Å². The largest absolute Gasteiger partial charge is 0.461 e. The molecule has 4 aliphatic rings. The Kier molecular flexibility index (Phi) is 6.72. The summed E-state index contributed by atoms with van der Waals surface area (Å²) in [7, 11) is 0. The quantitative estimate of drug-likeness (QED) is 0.419. The third-order valence-corrected chi connectivity index (χ3v) is 9.17. The first-order valence-electron chi connectivity index (χ1n) is 13.9. The number of halogens is 6. The highest BCUT2D eigenvalue weighted by atomic mass is 35.5. The second-order valence-corrected chi connectivity index (χ2v) is 12.1. The molecular weight excluding hydrogens is 583 g/mol. The number of nitrogens with one attached hydrogen (secondary N) is 1. The summed E-state index contributed by atoms with van der Waals surface area (Å²) in [4.78, 5) is 17.2. The maximum Gasteiger partial charge on any atom is 0.418 e. The molecule has 0 unspecified atom stereocenters. The van der Waals surface area contributed by atoms with E-state index in [1.54, 1.807) is 0 Å². The number of hydrogen-bond acceptors (Lipinski definition) is 8. The van der Waals surface area contributed by atoms with Crippen LogP contribution in [0, 0.1) is 5.82 Å². The maximum absolute atomic E-state index is 16.3. The van der Waals surface area contributed by atoms with Gasteiger partial charge in [-0.15, -0.1) is 0 Å². The second-order valence-electron chi connectivity index (χ2n) is 11.7. The van der Waals surface area contributed by atoms with Gasteiger partial charge in [0.15, 0.2) is 5.82 Å². The molecule has 4 saturated heterocycles. The molecule has 0 amide bonds. The molecular formula is C28H28ClF5N6O2. The van der Waals surface area contributed by atoms with Crippen molar-refractivity contribution in [3.05, 3.63) is 40.8 Å². The highest BCUT2D eigenvalue weighted by Crippen LogP contribution is 2.44. The first-order valence-corrected chi connectivity index (χ1v) is 14.3. The van der Waals surface area contributed by atoms with E-state index in [1.807, 2.05) is 4.90 Å². The summed E-state index contributed by atoms with van der Waals surface area (Å²) in [5.41, 5.74) is -3.21. The average Bonchev–Trinajstić information content (AvgIpc) is 3.46. The van der Waals surface area contributed by atoms with Crippen molar-refractivity contribution in [2.24, 2.45) is 0 Å². The molecule has 224 valence electrons. The van der Waals surface area contributed by atoms with Gasteiger partial charge in [-0.3, -0.25) is 9.88 Å². The van der Waals surface area contributed by atoms with E-state index in [2.05, 4.69) is 25.2 Å². The Bertz CT molecular complexity index is 1540. The Hall–Kier alpha value is -2.87. The molecule has 0 radical (unpaired) electrons. The smallest absolute Gasteiger partial charge is 0.418 e. The van der Waals surface area contributed by atoms with Crippen molar-refractivity contribution in [3.63, 3.8) is 0 Å². The molecule has 42 heavy (non-hydrogen) atoms. The van der Waals surface area contributed by atoms with E-state index in [9.17, 15) is 17.6 Å². The van der Waals surface area contributed by atoms with Gasteiger partial charge in [0, 0.05) is 44.4 Å². The van der Waals surface area contributed by atoms with Gasteiger partial charge in [-0.25, -0.2) is 8.78 Å². The molecule has 2 atom stereocenters. The monoisotopic (exact) mass is 610 g/mol. The molecule has 1 spiro atoms. The van der Waals surface area contributed by atoms with E-state index in [4.69, 9.17) is 21.1 Å². The van der Waals surface area contributed by atoms with Crippen molar-refractivity contribution in [3.8, 4) is 17.3 Å². The fourth-order valence-electron chi connectivity index (χ4n) is 6.85. The van der Waals surface area contributed by atoms with Crippen LogP contribution >= 0.6 is 11.6 Å². The van der Waals surface area contributed by atoms with Gasteiger partial charge in [0.2, 0.25) is 0 Å². The second kappa shape index (κ2) is 10.1. The predicted molar refractivity (Wildman–Crippen MR) is 145 cm³/mol. The highest BCUT2D eigenvalue weighted by Gasteiger charge is 2.49. The lowest BCUT2D eigenvalue weighted by Gasteiger charge is -2.49. The Morgan fingerprint density at radius 2 is 2.02 bits per heavy atom. The zero-order valence-electron chi connectivity index (χ0n) is 22.5. The number of benzene rings is 1. The molecule has 14 heteroatoms. The van der Waals surface area contributed by atoms with Gasteiger partial charge in [0.1, 0.15) is 29.8 Å². The van der Waals surface area contributed by atoms with Crippen LogP contribution < -0.4 is 15.0 Å². The summed E-state index contributed by atoms with van der Waals surface area (Å²) < 4.78 is 84.1. The zero-order valence-corrected chi connectivity index (χ0v) is 23.2. The molecule has 1 N–H and O–H groups in total. The SMILES string of the molecule is Fc1c(-c2cccc(Cl)c2C(F)(F)F)ncc2c(N3CCNC4(COC4)C3)nc(OC[C@@]34CCCN3C[C@H](F)C4)nc12. The van der Waals surface area contributed by atoms with Crippen LogP contribution in [0.3, 0.4) is 0 Å². The molecule has 2 aromatic heterocycles. The van der Waals surface area contributed by atoms with E-state index in [0.29, 0.717) is 51.6 Å². The number of pyridine rings is 1. The van der Waals surface area contributed by atoms with Gasteiger partial charge in [0.05, 0.1) is 40.3 Å². The summed E-state index contributed by atoms with van der Waals surface area (Å²) in [5.74, 6) is -0.686. The molecule has 8 nitrogen and oxygen atoms in total. The maximum atomic E-state index is 16.3. The molecule has 4 aliphatic heterocycles. The van der Waals surface area contributed by atoms with Crippen LogP contribution in [-0.2, 0) is 10.9 Å². The van der Waals surface area contributed by atoms with Gasteiger partial charge in [-0.1, -0.05) is 23.7 Å². The molecule has 6 heterocycles. The number of anilines is 1. The van der Waals surface area contributed by atoms with Crippen molar-refractivity contribution < 1.29 is 31.4 Å². The van der Waals surface area contributed by atoms with Crippen molar-refractivity contribution in [1.29, 1.82) is 0 Å². The summed E-state index contributed by atoms with van der Waals surface area (Å²) in [5, 5.41) is 3.14. The lowest BCUT2D eigenvalue weighted by Crippen LogP contribution is -2.70. The minimum Gasteiger partial charge on any atom is -0.461 e. The van der Waals surface area contributed by atoms with Crippen LogP contribution in [0.25, 0.3) is 22.2 Å². The molecule has 0 bridgehead atoms. The van der Waals surface area contributed by atoms with Crippen LogP contribution in [0.5, 0.6) is 6.01 Å². The van der Waals surface area contributed by atoms with Crippen LogP contribution in [0.2, 0.25) is 5.02 Å². The topological polar surface area (TPSA) is 75.6 Å². The standard InChI is InChI=1S/C28H28ClF5N6O2/c29-19-4-1-3-17(20(19)28(32,33)34)22-21(31)23-18(10-35-22)24(39-8-6-36-26(12-39)13-41-14-26)38-25(37-23)42-15-27-5-2-7-40(27)11-16(30)9-27/h1,3-4,10,16,36H,2,5-9,11-15H2/t16-,27+/m1/s1. The lowest BCUT2D eigenvalue weighted by atomic mass is 9.94. The number of hydrogen-bond donors (Lipinski definition) is 1. The fourth-order valence-corrected chi connectivity index (χ4v) is 7.13. The Morgan fingerprint density at radius 3 is 2.79 bits per heavy atom. The van der Waals surface area contributed by atoms with Crippen LogP contribution in [0.4, 0.5) is 27.8 Å². The van der Waals surface area contributed by atoms with Crippen LogP contribution in [-0.4, -0.2) is 89.6 Å². The number of piperazine rings is 1. The van der Waals surface area contributed by atoms with Gasteiger partial charge < -0.3 is 19.7 Å². The zero-order chi connectivity index (χ0) is 29.3. The predicted octanol–water partition coefficient (Wildman–Crippen LogP) is 4.64. The number of aromatic nitrogens is 3. The van der Waals surface area contributed by atoms with E-state index in [1.165, 1.54) is 12.3 Å². The normalized spacial score (nSPS) is 25.7. The van der Waals surface area contributed by atoms with Crippen molar-refractivity contribution in [1.82, 2.24) is 25.2 Å². The van der Waals surface area contributed by atoms with Gasteiger partial charge in [-0.05, 0) is 25.5 Å². The third kappa shape index (κ3) is 4.65. The number of alkyl halides is 4. The summed E-state index contributed by atoms with van der Waals surface area (Å²) in [6.07, 6.45) is -2.52. The summed E-state index contributed by atoms with van der Waals surface area (Å²) in [6, 6.07) is 3.41. The minimum atomic E-state index is -4.84. The molecule has 0 saturated carbocycles. The molecule has 0 aliphatic carbocycles. The number of rotatable bonds is 5. The Labute approximate surface area is 243 Å². The summed E-state index contributed by atoms with van der Waals surface area (Å²) in [6.45, 7) is 3.89. The number of nitrogens with zero attached hydrogens (tertiary/aromatic N) is 5. The van der Waals surface area contributed by atoms with E-state index in [0.717, 1.165) is 31.5 Å². The summed E-state index contributed by atoms with van der Waals surface area (Å²) >= 11 is 5.92. The average molecular weight is 611 g/mol. The van der Waals surface area contributed by atoms with E-state index in [-0.39, 0.29) is 29.1 Å². The van der Waals surface area contributed by atoms with Crippen LogP contribution in [0.1, 0.15) is 24.8 Å². The Morgan fingerprint density at radius 1 is 1.19 bits per heavy atom. The van der Waals surface area contributed by atoms with Crippen LogP contribution in [0.15, 0.2) is 24.4 Å². The van der Waals surface area contributed by atoms with Crippen molar-refractivity contribution in [2.45, 2.75) is 42.7 Å². The molecule has 3 aromatic rings. The Balaban J connectivity index is 1.33. The van der Waals surface area contributed by atoms with E-state index >= 15 is 4.39 Å². The van der Waals surface area contributed by atoms with Crippen molar-refractivity contribution in [2.75, 3.05) is 57.4 Å². The first-order chi connectivity index (χ1) is 20.1. The van der Waals surface area contributed by atoms with Gasteiger partial charge in [0.25, 0.3) is 0 Å². The number of fused-ring (bicyclic) bond motifs is 2. The van der Waals surface area contributed by atoms with Gasteiger partial charge in [-0.2, -0.15) is 23.1 Å². The van der Waals surface area contributed by atoms with E-state index < -0.39 is 45.5 Å². The third-order valence-electron chi connectivity index (χ3n) is 8.86. The molecule has 1 aromatic carbocycles.